The van der Waals surface area contributed by atoms with Crippen molar-refractivity contribution < 1.29 is 4.79 Å². The van der Waals surface area contributed by atoms with Crippen molar-refractivity contribution in [2.24, 2.45) is 0 Å². The third kappa shape index (κ3) is 3.70. The molecule has 2 heterocycles. The van der Waals surface area contributed by atoms with E-state index >= 15 is 0 Å². The van der Waals surface area contributed by atoms with Crippen LogP contribution in [0.1, 0.15) is 41.9 Å². The monoisotopic (exact) mass is 416 g/mol. The molecule has 0 aliphatic heterocycles. The van der Waals surface area contributed by atoms with E-state index in [1.807, 2.05) is 45.0 Å². The summed E-state index contributed by atoms with van der Waals surface area (Å²) in [5.74, 6) is 0.663. The molecule has 0 fully saturated rings. The van der Waals surface area contributed by atoms with E-state index in [4.69, 9.17) is 5.73 Å². The van der Waals surface area contributed by atoms with Gasteiger partial charge in [-0.3, -0.25) is 4.79 Å². The molecule has 0 saturated carbocycles. The number of aryl methyl sites for hydroxylation is 2. The minimum absolute atomic E-state index is 0.00902. The molecule has 0 unspecified atom stereocenters. The Bertz CT molecular complexity index is 968. The molecule has 3 aromatic rings. The minimum Gasteiger partial charge on any atom is -0.366 e. The van der Waals surface area contributed by atoms with E-state index in [0.29, 0.717) is 18.6 Å². The van der Waals surface area contributed by atoms with Crippen molar-refractivity contribution in [1.82, 2.24) is 24.9 Å². The van der Waals surface area contributed by atoms with Crippen LogP contribution in [0.25, 0.3) is 5.78 Å². The van der Waals surface area contributed by atoms with Crippen molar-refractivity contribution in [3.63, 3.8) is 0 Å². The van der Waals surface area contributed by atoms with Gasteiger partial charge in [-0.1, -0.05) is 34.1 Å². The number of fused-ring (bicyclic) bond motifs is 1. The summed E-state index contributed by atoms with van der Waals surface area (Å²) in [6.07, 6.45) is 0.947. The molecular formula is C18H21BrN6O. The molecule has 26 heavy (non-hydrogen) atoms. The second kappa shape index (κ2) is 7.41. The quantitative estimate of drug-likeness (QED) is 0.665. The van der Waals surface area contributed by atoms with Crippen LogP contribution in [0, 0.1) is 13.8 Å². The number of amides is 1. The average molecular weight is 417 g/mol. The Morgan fingerprint density at radius 2 is 2.04 bits per heavy atom. The van der Waals surface area contributed by atoms with Crippen molar-refractivity contribution in [2.75, 3.05) is 5.73 Å². The zero-order valence-corrected chi connectivity index (χ0v) is 16.5. The van der Waals surface area contributed by atoms with Gasteiger partial charge >= 0.3 is 0 Å². The summed E-state index contributed by atoms with van der Waals surface area (Å²) >= 11 is 3.52. The van der Waals surface area contributed by atoms with E-state index in [0.717, 1.165) is 27.0 Å². The molecule has 2 aromatic heterocycles. The van der Waals surface area contributed by atoms with Crippen molar-refractivity contribution in [3.8, 4) is 0 Å². The molecule has 0 bridgehead atoms. The van der Waals surface area contributed by atoms with Crippen LogP contribution in [0.5, 0.6) is 0 Å². The fourth-order valence-electron chi connectivity index (χ4n) is 3.04. The van der Waals surface area contributed by atoms with Crippen LogP contribution in [0.15, 0.2) is 28.7 Å². The average Bonchev–Trinajstić information content (AvgIpc) is 2.95. The van der Waals surface area contributed by atoms with Crippen LogP contribution in [-0.4, -0.2) is 25.5 Å². The van der Waals surface area contributed by atoms with Crippen LogP contribution >= 0.6 is 15.9 Å². The number of nitrogens with two attached hydrogens (primary N) is 1. The molecule has 8 heteroatoms. The summed E-state index contributed by atoms with van der Waals surface area (Å²) in [6.45, 7) is 5.82. The van der Waals surface area contributed by atoms with Crippen LogP contribution < -0.4 is 11.1 Å². The maximum atomic E-state index is 12.4. The number of carbonyl (C=O) groups excluding carboxylic acids is 1. The van der Waals surface area contributed by atoms with Gasteiger partial charge in [0.25, 0.3) is 5.78 Å². The predicted molar refractivity (Wildman–Crippen MR) is 104 cm³/mol. The summed E-state index contributed by atoms with van der Waals surface area (Å²) < 4.78 is 2.61. The molecule has 0 aliphatic carbocycles. The summed E-state index contributed by atoms with van der Waals surface area (Å²) in [6, 6.07) is 7.80. The van der Waals surface area contributed by atoms with Crippen molar-refractivity contribution in [3.05, 3.63) is 51.3 Å². The third-order valence-corrected chi connectivity index (χ3v) is 5.14. The minimum atomic E-state index is -0.0732. The molecule has 3 N–H and O–H groups in total. The number of anilines is 1. The number of benzene rings is 1. The molecule has 0 radical (unpaired) electrons. The largest absolute Gasteiger partial charge is 0.366 e. The van der Waals surface area contributed by atoms with Gasteiger partial charge in [0.1, 0.15) is 0 Å². The number of nitrogens with zero attached hydrogens (tertiary/aromatic N) is 4. The molecule has 0 saturated heterocycles. The Morgan fingerprint density at radius 1 is 1.31 bits per heavy atom. The summed E-state index contributed by atoms with van der Waals surface area (Å²) in [5, 5.41) is 7.20. The molecule has 0 spiro atoms. The molecule has 1 amide bonds. The highest BCUT2D eigenvalue weighted by molar-refractivity contribution is 9.10. The summed E-state index contributed by atoms with van der Waals surface area (Å²) in [5.41, 5.74) is 9.44. The molecule has 7 nitrogen and oxygen atoms in total. The first-order chi connectivity index (χ1) is 12.4. The van der Waals surface area contributed by atoms with E-state index < -0.39 is 0 Å². The lowest BCUT2D eigenvalue weighted by Crippen LogP contribution is -2.27. The predicted octanol–water partition coefficient (Wildman–Crippen LogP) is 2.90. The zero-order valence-electron chi connectivity index (χ0n) is 15.0. The normalized spacial score (nSPS) is 12.3. The second-order valence-electron chi connectivity index (χ2n) is 6.25. The number of halogens is 1. The van der Waals surface area contributed by atoms with Crippen molar-refractivity contribution in [2.45, 2.75) is 39.7 Å². The molecule has 3 rings (SSSR count). The van der Waals surface area contributed by atoms with Crippen molar-refractivity contribution >= 4 is 33.6 Å². The van der Waals surface area contributed by atoms with Crippen LogP contribution in [0.4, 0.5) is 5.95 Å². The SMILES string of the molecule is Cc1nc2nc(N)nn2c(C)c1CCC(=O)N[C@@H](C)c1ccccc1Br. The van der Waals surface area contributed by atoms with Gasteiger partial charge in [-0.15, -0.1) is 5.10 Å². The Morgan fingerprint density at radius 3 is 2.77 bits per heavy atom. The lowest BCUT2D eigenvalue weighted by atomic mass is 10.1. The number of rotatable bonds is 5. The first kappa shape index (κ1) is 18.3. The molecule has 0 aliphatic rings. The fourth-order valence-corrected chi connectivity index (χ4v) is 3.67. The lowest BCUT2D eigenvalue weighted by molar-refractivity contribution is -0.121. The van der Waals surface area contributed by atoms with Gasteiger partial charge in [-0.25, -0.2) is 4.98 Å². The van der Waals surface area contributed by atoms with Crippen LogP contribution in [-0.2, 0) is 11.2 Å². The summed E-state index contributed by atoms with van der Waals surface area (Å²) in [7, 11) is 0. The van der Waals surface area contributed by atoms with E-state index in [-0.39, 0.29) is 17.9 Å². The fraction of sp³-hybridized carbons (Fsp3) is 0.333. The van der Waals surface area contributed by atoms with Gasteiger partial charge in [0.05, 0.1) is 6.04 Å². The Hall–Kier alpha value is -2.48. The number of hydrogen-bond donors (Lipinski definition) is 2. The molecule has 1 atom stereocenters. The van der Waals surface area contributed by atoms with Gasteiger partial charge < -0.3 is 11.1 Å². The maximum Gasteiger partial charge on any atom is 0.254 e. The first-order valence-corrected chi connectivity index (χ1v) is 9.18. The highest BCUT2D eigenvalue weighted by Crippen LogP contribution is 2.23. The molecule has 1 aromatic carbocycles. The smallest absolute Gasteiger partial charge is 0.254 e. The van der Waals surface area contributed by atoms with Gasteiger partial charge in [0.2, 0.25) is 11.9 Å². The third-order valence-electron chi connectivity index (χ3n) is 4.42. The van der Waals surface area contributed by atoms with E-state index in [9.17, 15) is 4.79 Å². The lowest BCUT2D eigenvalue weighted by Gasteiger charge is -2.16. The first-order valence-electron chi connectivity index (χ1n) is 8.39. The molecular weight excluding hydrogens is 396 g/mol. The van der Waals surface area contributed by atoms with Crippen molar-refractivity contribution in [1.29, 1.82) is 0 Å². The standard InChI is InChI=1S/C18H21BrN6O/c1-10-13(12(3)25-18(22-10)23-17(20)24-25)8-9-16(26)21-11(2)14-6-4-5-7-15(14)19/h4-7,11H,8-9H2,1-3H3,(H2,20,24)(H,21,26)/t11-/m0/s1. The highest BCUT2D eigenvalue weighted by Gasteiger charge is 2.16. The van der Waals surface area contributed by atoms with E-state index in [1.54, 1.807) is 4.52 Å². The van der Waals surface area contributed by atoms with Gasteiger partial charge in [-0.05, 0) is 44.4 Å². The second-order valence-corrected chi connectivity index (χ2v) is 7.11. The van der Waals surface area contributed by atoms with Gasteiger partial charge in [0.15, 0.2) is 0 Å². The topological polar surface area (TPSA) is 98.2 Å². The van der Waals surface area contributed by atoms with E-state index in [1.165, 1.54) is 0 Å². The van der Waals surface area contributed by atoms with Gasteiger partial charge in [-0.2, -0.15) is 9.50 Å². The molecule has 136 valence electrons. The zero-order chi connectivity index (χ0) is 18.8. The summed E-state index contributed by atoms with van der Waals surface area (Å²) in [4.78, 5) is 20.9. The maximum absolute atomic E-state index is 12.4. The van der Waals surface area contributed by atoms with Crippen LogP contribution in [0.3, 0.4) is 0 Å². The Labute approximate surface area is 160 Å². The Kier molecular flexibility index (Phi) is 5.22. The number of nitrogens with one attached hydrogen (secondary N) is 1. The number of nitrogen functional groups attached to an aromatic ring is 1. The number of carbonyl (C=O) groups is 1. The van der Waals surface area contributed by atoms with Gasteiger partial charge in [0, 0.05) is 22.3 Å². The highest BCUT2D eigenvalue weighted by atomic mass is 79.9. The van der Waals surface area contributed by atoms with E-state index in [2.05, 4.69) is 36.3 Å². The number of aromatic nitrogens is 4. The Balaban J connectivity index is 1.70. The van der Waals surface area contributed by atoms with Crippen LogP contribution in [0.2, 0.25) is 0 Å². The number of hydrogen-bond acceptors (Lipinski definition) is 5.